The second kappa shape index (κ2) is 5.54. The normalized spacial score (nSPS) is 12.7. The third kappa shape index (κ3) is 2.57. The van der Waals surface area contributed by atoms with Gasteiger partial charge in [0.15, 0.2) is 0 Å². The molecular weight excluding hydrogens is 259 g/mol. The third-order valence-electron chi connectivity index (χ3n) is 2.62. The Bertz CT molecular complexity index is 502. The van der Waals surface area contributed by atoms with E-state index < -0.39 is 23.5 Å². The summed E-state index contributed by atoms with van der Waals surface area (Å²) in [6.07, 6.45) is 0. The smallest absolute Gasteiger partial charge is 0.134 e. The van der Waals surface area contributed by atoms with Gasteiger partial charge in [0.25, 0.3) is 0 Å². The highest BCUT2D eigenvalue weighted by Crippen LogP contribution is 2.28. The molecule has 1 unspecified atom stereocenters. The van der Waals surface area contributed by atoms with Crippen molar-refractivity contribution in [1.29, 1.82) is 0 Å². The summed E-state index contributed by atoms with van der Waals surface area (Å²) in [6.45, 7) is 2.40. The number of nitrogens with one attached hydrogen (secondary N) is 1. The Morgan fingerprint density at radius 3 is 2.39 bits per heavy atom. The van der Waals surface area contributed by atoms with Gasteiger partial charge in [-0.25, -0.2) is 13.2 Å². The number of thiophene rings is 1. The second-order valence-corrected chi connectivity index (χ2v) is 4.61. The van der Waals surface area contributed by atoms with Gasteiger partial charge in [0, 0.05) is 17.7 Å². The van der Waals surface area contributed by atoms with Gasteiger partial charge in [-0.1, -0.05) is 6.92 Å². The lowest BCUT2D eigenvalue weighted by Gasteiger charge is -2.18. The molecule has 1 aromatic heterocycles. The first-order valence-electron chi connectivity index (χ1n) is 5.53. The Kier molecular flexibility index (Phi) is 4.04. The molecule has 0 saturated heterocycles. The average molecular weight is 271 g/mol. The minimum atomic E-state index is -0.908. The fraction of sp³-hybridized carbons (Fsp3) is 0.231. The first kappa shape index (κ1) is 13.1. The molecule has 0 saturated carbocycles. The molecule has 1 aromatic carbocycles. The molecule has 0 bridgehead atoms. The predicted molar refractivity (Wildman–Crippen MR) is 66.2 cm³/mol. The molecule has 0 aliphatic carbocycles. The van der Waals surface area contributed by atoms with Gasteiger partial charge >= 0.3 is 0 Å². The maximum atomic E-state index is 13.8. The van der Waals surface area contributed by atoms with Crippen molar-refractivity contribution >= 4 is 11.3 Å². The van der Waals surface area contributed by atoms with E-state index in [-0.39, 0.29) is 5.56 Å². The monoisotopic (exact) mass is 271 g/mol. The zero-order chi connectivity index (χ0) is 13.1. The highest BCUT2D eigenvalue weighted by molar-refractivity contribution is 7.08. The van der Waals surface area contributed by atoms with E-state index in [1.54, 1.807) is 6.07 Å². The topological polar surface area (TPSA) is 12.0 Å². The minimum absolute atomic E-state index is 0.142. The van der Waals surface area contributed by atoms with Gasteiger partial charge in [-0.05, 0) is 28.9 Å². The van der Waals surface area contributed by atoms with Crippen molar-refractivity contribution in [1.82, 2.24) is 5.32 Å². The molecule has 2 aromatic rings. The van der Waals surface area contributed by atoms with Crippen LogP contribution in [0.1, 0.15) is 24.1 Å². The van der Waals surface area contributed by atoms with Gasteiger partial charge in [-0.15, -0.1) is 0 Å². The zero-order valence-electron chi connectivity index (χ0n) is 9.71. The zero-order valence-corrected chi connectivity index (χ0v) is 10.5. The fourth-order valence-corrected chi connectivity index (χ4v) is 2.55. The Hall–Kier alpha value is -1.33. The lowest BCUT2D eigenvalue weighted by Crippen LogP contribution is -2.23. The molecule has 0 aliphatic heterocycles. The van der Waals surface area contributed by atoms with Gasteiger partial charge in [0.2, 0.25) is 0 Å². The summed E-state index contributed by atoms with van der Waals surface area (Å²) < 4.78 is 40.4. The van der Waals surface area contributed by atoms with Crippen molar-refractivity contribution in [3.63, 3.8) is 0 Å². The van der Waals surface area contributed by atoms with Crippen molar-refractivity contribution < 1.29 is 13.2 Å². The number of benzene rings is 1. The summed E-state index contributed by atoms with van der Waals surface area (Å²) in [4.78, 5) is 0. The van der Waals surface area contributed by atoms with Crippen LogP contribution >= 0.6 is 11.3 Å². The molecular formula is C13H12F3NS. The van der Waals surface area contributed by atoms with E-state index in [1.165, 1.54) is 11.3 Å². The lowest BCUT2D eigenvalue weighted by molar-refractivity contribution is 0.492. The van der Waals surface area contributed by atoms with Crippen LogP contribution in [-0.4, -0.2) is 6.54 Å². The lowest BCUT2D eigenvalue weighted by atomic mass is 10.00. The molecule has 2 rings (SSSR count). The van der Waals surface area contributed by atoms with Crippen molar-refractivity contribution in [2.24, 2.45) is 0 Å². The van der Waals surface area contributed by atoms with Crippen LogP contribution in [0.4, 0.5) is 13.2 Å². The van der Waals surface area contributed by atoms with E-state index in [4.69, 9.17) is 0 Å². The van der Waals surface area contributed by atoms with Crippen molar-refractivity contribution in [2.45, 2.75) is 13.0 Å². The molecule has 0 radical (unpaired) electrons. The Balaban J connectivity index is 2.49. The highest BCUT2D eigenvalue weighted by atomic mass is 32.1. The molecule has 1 atom stereocenters. The number of halogens is 3. The quantitative estimate of drug-likeness (QED) is 0.890. The molecule has 0 fully saturated rings. The summed E-state index contributed by atoms with van der Waals surface area (Å²) in [5.74, 6) is -2.65. The van der Waals surface area contributed by atoms with Crippen LogP contribution in [0.15, 0.2) is 29.0 Å². The summed E-state index contributed by atoms with van der Waals surface area (Å²) in [5.41, 5.74) is 0.628. The molecule has 5 heteroatoms. The number of hydrogen-bond acceptors (Lipinski definition) is 2. The van der Waals surface area contributed by atoms with Crippen LogP contribution in [0.3, 0.4) is 0 Å². The molecule has 96 valence electrons. The predicted octanol–water partition coefficient (Wildman–Crippen LogP) is 3.86. The van der Waals surface area contributed by atoms with Crippen LogP contribution in [0.5, 0.6) is 0 Å². The molecule has 18 heavy (non-hydrogen) atoms. The van der Waals surface area contributed by atoms with E-state index in [0.717, 1.165) is 5.56 Å². The van der Waals surface area contributed by atoms with Gasteiger partial charge < -0.3 is 5.32 Å². The first-order valence-corrected chi connectivity index (χ1v) is 6.47. The molecule has 1 nitrogen and oxygen atoms in total. The Morgan fingerprint density at radius 1 is 1.22 bits per heavy atom. The molecule has 1 heterocycles. The highest BCUT2D eigenvalue weighted by Gasteiger charge is 2.22. The second-order valence-electron chi connectivity index (χ2n) is 3.83. The third-order valence-corrected chi connectivity index (χ3v) is 3.32. The van der Waals surface area contributed by atoms with E-state index in [0.29, 0.717) is 18.7 Å². The van der Waals surface area contributed by atoms with Crippen LogP contribution in [0, 0.1) is 17.5 Å². The van der Waals surface area contributed by atoms with E-state index in [9.17, 15) is 13.2 Å². The summed E-state index contributed by atoms with van der Waals surface area (Å²) in [6, 6.07) is 2.60. The van der Waals surface area contributed by atoms with Crippen molar-refractivity contribution in [2.75, 3.05) is 6.54 Å². The molecule has 0 spiro atoms. The van der Waals surface area contributed by atoms with Crippen LogP contribution in [-0.2, 0) is 0 Å². The van der Waals surface area contributed by atoms with Gasteiger partial charge in [-0.3, -0.25) is 0 Å². The summed E-state index contributed by atoms with van der Waals surface area (Å²) in [7, 11) is 0. The maximum absolute atomic E-state index is 13.8. The van der Waals surface area contributed by atoms with Crippen LogP contribution in [0.25, 0.3) is 0 Å². The summed E-state index contributed by atoms with van der Waals surface area (Å²) in [5, 5.41) is 6.65. The Labute approximate surface area is 107 Å². The fourth-order valence-electron chi connectivity index (χ4n) is 1.86. The van der Waals surface area contributed by atoms with Gasteiger partial charge in [0.1, 0.15) is 17.5 Å². The standard InChI is InChI=1S/C13H12F3NS/c1-2-17-13(8-3-4-18-7-8)12-10(15)5-9(14)6-11(12)16/h3-7,13,17H,2H2,1H3. The first-order chi connectivity index (χ1) is 8.63. The maximum Gasteiger partial charge on any atom is 0.134 e. The molecule has 0 amide bonds. The number of rotatable bonds is 4. The summed E-state index contributed by atoms with van der Waals surface area (Å²) >= 11 is 1.44. The largest absolute Gasteiger partial charge is 0.306 e. The minimum Gasteiger partial charge on any atom is -0.306 e. The van der Waals surface area contributed by atoms with E-state index in [1.807, 2.05) is 17.7 Å². The molecule has 0 aliphatic rings. The molecule has 1 N–H and O–H groups in total. The van der Waals surface area contributed by atoms with E-state index >= 15 is 0 Å². The average Bonchev–Trinajstić information content (AvgIpc) is 2.79. The Morgan fingerprint density at radius 2 is 1.89 bits per heavy atom. The number of hydrogen-bond donors (Lipinski definition) is 1. The van der Waals surface area contributed by atoms with Gasteiger partial charge in [0.05, 0.1) is 6.04 Å². The van der Waals surface area contributed by atoms with Crippen molar-refractivity contribution in [3.8, 4) is 0 Å². The SMILES string of the molecule is CCNC(c1ccsc1)c1c(F)cc(F)cc1F. The van der Waals surface area contributed by atoms with Gasteiger partial charge in [-0.2, -0.15) is 11.3 Å². The van der Waals surface area contributed by atoms with Crippen molar-refractivity contribution in [3.05, 3.63) is 57.5 Å². The van der Waals surface area contributed by atoms with E-state index in [2.05, 4.69) is 5.32 Å². The van der Waals surface area contributed by atoms with Crippen LogP contribution in [0.2, 0.25) is 0 Å². The van der Waals surface area contributed by atoms with Crippen LogP contribution < -0.4 is 5.32 Å².